The van der Waals surface area contributed by atoms with Gasteiger partial charge < -0.3 is 0 Å². The summed E-state index contributed by atoms with van der Waals surface area (Å²) in [5.41, 5.74) is 1.69. The van der Waals surface area contributed by atoms with E-state index in [1.54, 1.807) is 36.5 Å². The molecule has 7 heteroatoms. The molecule has 0 atom stereocenters. The quantitative estimate of drug-likeness (QED) is 0.402. The topological polar surface area (TPSA) is 56.0 Å². The highest BCUT2D eigenvalue weighted by Gasteiger charge is 2.08. The van der Waals surface area contributed by atoms with Crippen LogP contribution in [0.15, 0.2) is 48.7 Å². The van der Waals surface area contributed by atoms with E-state index in [1.165, 1.54) is 23.5 Å². The van der Waals surface area contributed by atoms with Crippen LogP contribution in [0.5, 0.6) is 0 Å². The van der Waals surface area contributed by atoms with Crippen molar-refractivity contribution in [2.24, 2.45) is 0 Å². The highest BCUT2D eigenvalue weighted by Crippen LogP contribution is 2.30. The molecular formula is C17H10Cl2N2O2S. The molecule has 4 nitrogen and oxygen atoms in total. The summed E-state index contributed by atoms with van der Waals surface area (Å²) in [5, 5.41) is 12.6. The Morgan fingerprint density at radius 3 is 2.33 bits per heavy atom. The van der Waals surface area contributed by atoms with Crippen LogP contribution in [-0.4, -0.2) is 9.91 Å². The minimum atomic E-state index is -0.419. The minimum Gasteiger partial charge on any atom is -0.258 e. The Hall–Kier alpha value is -2.21. The van der Waals surface area contributed by atoms with E-state index >= 15 is 0 Å². The zero-order valence-electron chi connectivity index (χ0n) is 12.1. The molecule has 120 valence electrons. The van der Waals surface area contributed by atoms with Gasteiger partial charge in [-0.3, -0.25) is 10.1 Å². The maximum absolute atomic E-state index is 10.7. The Kier molecular flexibility index (Phi) is 4.94. The number of halogens is 2. The number of non-ortho nitro benzene ring substituents is 1. The number of nitrogens with zero attached hydrogens (tertiary/aromatic N) is 2. The predicted molar refractivity (Wildman–Crippen MR) is 99.6 cm³/mol. The van der Waals surface area contributed by atoms with E-state index in [1.807, 2.05) is 12.2 Å². The van der Waals surface area contributed by atoms with Gasteiger partial charge in [0.15, 0.2) is 0 Å². The molecule has 0 saturated carbocycles. The van der Waals surface area contributed by atoms with Crippen molar-refractivity contribution in [3.63, 3.8) is 0 Å². The average Bonchev–Trinajstić information content (AvgIpc) is 3.03. The van der Waals surface area contributed by atoms with Crippen molar-refractivity contribution in [3.05, 3.63) is 79.4 Å². The van der Waals surface area contributed by atoms with E-state index in [-0.39, 0.29) is 5.69 Å². The van der Waals surface area contributed by atoms with Crippen LogP contribution in [0.2, 0.25) is 10.0 Å². The van der Waals surface area contributed by atoms with Crippen LogP contribution in [0.25, 0.3) is 22.6 Å². The number of nitro benzene ring substituents is 1. The summed E-state index contributed by atoms with van der Waals surface area (Å²) < 4.78 is 0. The van der Waals surface area contributed by atoms with Crippen molar-refractivity contribution < 1.29 is 4.92 Å². The summed E-state index contributed by atoms with van der Waals surface area (Å²) in [5.74, 6) is 0. The van der Waals surface area contributed by atoms with Crippen LogP contribution in [0.1, 0.15) is 10.6 Å². The lowest BCUT2D eigenvalue weighted by molar-refractivity contribution is -0.384. The largest absolute Gasteiger partial charge is 0.269 e. The lowest BCUT2D eigenvalue weighted by Crippen LogP contribution is -1.86. The summed E-state index contributed by atoms with van der Waals surface area (Å²) in [7, 11) is 0. The standard InChI is InChI=1S/C17H10Cl2N2O2S/c18-14-2-1-3-15(19)13(14)8-9-17-20-10-16(24-17)11-4-6-12(7-5-11)21(22)23/h1-10H/b9-8+. The van der Waals surface area contributed by atoms with E-state index in [4.69, 9.17) is 23.2 Å². The van der Waals surface area contributed by atoms with Crippen LogP contribution in [0.3, 0.4) is 0 Å². The van der Waals surface area contributed by atoms with Crippen molar-refractivity contribution in [3.8, 4) is 10.4 Å². The lowest BCUT2D eigenvalue weighted by atomic mass is 10.2. The maximum atomic E-state index is 10.7. The van der Waals surface area contributed by atoms with Gasteiger partial charge in [-0.05, 0) is 42.0 Å². The van der Waals surface area contributed by atoms with Gasteiger partial charge in [0.25, 0.3) is 5.69 Å². The molecule has 0 bridgehead atoms. The van der Waals surface area contributed by atoms with Crippen LogP contribution in [-0.2, 0) is 0 Å². The first-order chi connectivity index (χ1) is 11.5. The van der Waals surface area contributed by atoms with Gasteiger partial charge in [-0.15, -0.1) is 11.3 Å². The fourth-order valence-electron chi connectivity index (χ4n) is 2.07. The first kappa shape index (κ1) is 16.6. The number of rotatable bonds is 4. The smallest absolute Gasteiger partial charge is 0.258 e. The first-order valence-corrected chi connectivity index (χ1v) is 8.44. The molecule has 0 N–H and O–H groups in total. The Balaban J connectivity index is 1.83. The number of hydrogen-bond acceptors (Lipinski definition) is 4. The second kappa shape index (κ2) is 7.13. The summed E-state index contributed by atoms with van der Waals surface area (Å²) in [6, 6.07) is 11.7. The van der Waals surface area contributed by atoms with Crippen molar-refractivity contribution >= 4 is 52.4 Å². The van der Waals surface area contributed by atoms with Crippen molar-refractivity contribution in [2.75, 3.05) is 0 Å². The van der Waals surface area contributed by atoms with Crippen LogP contribution < -0.4 is 0 Å². The van der Waals surface area contributed by atoms with Gasteiger partial charge in [0, 0.05) is 33.9 Å². The molecule has 0 unspecified atom stereocenters. The van der Waals surface area contributed by atoms with Gasteiger partial charge in [-0.2, -0.15) is 0 Å². The third-order valence-electron chi connectivity index (χ3n) is 3.28. The van der Waals surface area contributed by atoms with Crippen LogP contribution in [0, 0.1) is 10.1 Å². The molecule has 0 aliphatic carbocycles. The monoisotopic (exact) mass is 376 g/mol. The molecule has 0 saturated heterocycles. The molecule has 0 aliphatic rings. The molecule has 0 aliphatic heterocycles. The summed E-state index contributed by atoms with van der Waals surface area (Å²) in [6.45, 7) is 0. The highest BCUT2D eigenvalue weighted by atomic mass is 35.5. The highest BCUT2D eigenvalue weighted by molar-refractivity contribution is 7.16. The van der Waals surface area contributed by atoms with Gasteiger partial charge in [0.05, 0.1) is 9.80 Å². The Labute approximate surface area is 152 Å². The molecule has 2 aromatic carbocycles. The molecular weight excluding hydrogens is 367 g/mol. The van der Waals surface area contributed by atoms with E-state index in [9.17, 15) is 10.1 Å². The van der Waals surface area contributed by atoms with Gasteiger partial charge >= 0.3 is 0 Å². The molecule has 3 aromatic rings. The molecule has 24 heavy (non-hydrogen) atoms. The summed E-state index contributed by atoms with van der Waals surface area (Å²) >= 11 is 13.7. The van der Waals surface area contributed by atoms with E-state index in [2.05, 4.69) is 4.98 Å². The SMILES string of the molecule is O=[N+]([O-])c1ccc(-c2cnc(/C=C/c3c(Cl)cccc3Cl)s2)cc1. The van der Waals surface area contributed by atoms with Gasteiger partial charge in [0.2, 0.25) is 0 Å². The van der Waals surface area contributed by atoms with E-state index in [0.717, 1.165) is 21.0 Å². The zero-order chi connectivity index (χ0) is 17.1. The minimum absolute atomic E-state index is 0.0664. The van der Waals surface area contributed by atoms with Crippen molar-refractivity contribution in [1.82, 2.24) is 4.98 Å². The number of nitro groups is 1. The maximum Gasteiger partial charge on any atom is 0.269 e. The molecule has 0 amide bonds. The van der Waals surface area contributed by atoms with Crippen molar-refractivity contribution in [2.45, 2.75) is 0 Å². The summed E-state index contributed by atoms with van der Waals surface area (Å²) in [4.78, 5) is 15.5. The van der Waals surface area contributed by atoms with Crippen LogP contribution >= 0.6 is 34.5 Å². The first-order valence-electron chi connectivity index (χ1n) is 6.87. The molecule has 0 spiro atoms. The number of benzene rings is 2. The normalized spacial score (nSPS) is 11.1. The molecule has 1 heterocycles. The second-order valence-electron chi connectivity index (χ2n) is 4.84. The Bertz CT molecular complexity index is 900. The van der Waals surface area contributed by atoms with Gasteiger partial charge in [-0.1, -0.05) is 29.3 Å². The molecule has 0 radical (unpaired) electrons. The zero-order valence-corrected chi connectivity index (χ0v) is 14.5. The third kappa shape index (κ3) is 3.64. The average molecular weight is 377 g/mol. The van der Waals surface area contributed by atoms with Crippen molar-refractivity contribution in [1.29, 1.82) is 0 Å². The summed E-state index contributed by atoms with van der Waals surface area (Å²) in [6.07, 6.45) is 5.40. The predicted octanol–water partition coefficient (Wildman–Crippen LogP) is 6.20. The van der Waals surface area contributed by atoms with Gasteiger partial charge in [0.1, 0.15) is 5.01 Å². The van der Waals surface area contributed by atoms with E-state index in [0.29, 0.717) is 10.0 Å². The molecule has 1 aromatic heterocycles. The van der Waals surface area contributed by atoms with Gasteiger partial charge in [-0.25, -0.2) is 4.98 Å². The number of thiazole rings is 1. The second-order valence-corrected chi connectivity index (χ2v) is 6.71. The molecule has 3 rings (SSSR count). The fourth-order valence-corrected chi connectivity index (χ4v) is 3.42. The Morgan fingerprint density at radius 1 is 1.04 bits per heavy atom. The van der Waals surface area contributed by atoms with Crippen LogP contribution in [0.4, 0.5) is 5.69 Å². The van der Waals surface area contributed by atoms with E-state index < -0.39 is 4.92 Å². The molecule has 0 fully saturated rings. The Morgan fingerprint density at radius 2 is 1.71 bits per heavy atom. The fraction of sp³-hybridized carbons (Fsp3) is 0. The lowest BCUT2D eigenvalue weighted by Gasteiger charge is -1.99. The number of hydrogen-bond donors (Lipinski definition) is 0. The third-order valence-corrected chi connectivity index (χ3v) is 4.95. The number of aromatic nitrogens is 1.